The number of amides is 2. The fourth-order valence-electron chi connectivity index (χ4n) is 3.27. The van der Waals surface area contributed by atoms with Gasteiger partial charge in [-0.25, -0.2) is 0 Å². The molecule has 0 bridgehead atoms. The van der Waals surface area contributed by atoms with Crippen LogP contribution in [0.3, 0.4) is 0 Å². The number of ether oxygens (including phenoxy) is 1. The first kappa shape index (κ1) is 18.7. The van der Waals surface area contributed by atoms with Crippen molar-refractivity contribution in [2.75, 3.05) is 26.5 Å². The Bertz CT molecular complexity index is 927. The number of hydrogen-bond acceptors (Lipinski definition) is 5. The van der Waals surface area contributed by atoms with Crippen molar-refractivity contribution in [3.63, 3.8) is 0 Å². The topological polar surface area (TPSA) is 88.8 Å². The van der Waals surface area contributed by atoms with Crippen LogP contribution in [0.5, 0.6) is 5.75 Å². The van der Waals surface area contributed by atoms with Crippen LogP contribution in [0.15, 0.2) is 22.6 Å². The van der Waals surface area contributed by atoms with E-state index in [4.69, 9.17) is 9.15 Å². The number of benzene rings is 1. The summed E-state index contributed by atoms with van der Waals surface area (Å²) in [6.07, 6.45) is 1.80. The van der Waals surface area contributed by atoms with Crippen LogP contribution in [0, 0.1) is 6.92 Å². The van der Waals surface area contributed by atoms with E-state index < -0.39 is 5.91 Å². The number of Topliss-reactive ketones (excluding diaryl/α,β-unsaturated/α-hetero) is 1. The Morgan fingerprint density at radius 3 is 2.63 bits per heavy atom. The monoisotopic (exact) mass is 370 g/mol. The SMILES string of the molecule is COc1ccc(NC(=O)c2c(C)oc3c2C(=O)CCC3)cc1C(=O)N(C)C. The van der Waals surface area contributed by atoms with Gasteiger partial charge in [-0.15, -0.1) is 0 Å². The molecule has 2 amide bonds. The number of hydrogen-bond donors (Lipinski definition) is 1. The van der Waals surface area contributed by atoms with Gasteiger partial charge in [0.05, 0.1) is 23.8 Å². The minimum atomic E-state index is -0.429. The highest BCUT2D eigenvalue weighted by Gasteiger charge is 2.30. The molecular weight excluding hydrogens is 348 g/mol. The molecule has 1 aliphatic carbocycles. The van der Waals surface area contributed by atoms with Crippen LogP contribution in [0.1, 0.15) is 55.4 Å². The van der Waals surface area contributed by atoms with Gasteiger partial charge in [0.25, 0.3) is 11.8 Å². The van der Waals surface area contributed by atoms with Crippen LogP contribution < -0.4 is 10.1 Å². The van der Waals surface area contributed by atoms with Gasteiger partial charge in [0.15, 0.2) is 5.78 Å². The van der Waals surface area contributed by atoms with E-state index in [9.17, 15) is 14.4 Å². The summed E-state index contributed by atoms with van der Waals surface area (Å²) in [5.74, 6) is 0.671. The van der Waals surface area contributed by atoms with E-state index in [1.54, 1.807) is 39.2 Å². The molecule has 0 unspecified atom stereocenters. The summed E-state index contributed by atoms with van der Waals surface area (Å²) in [6.45, 7) is 1.68. The number of nitrogens with zero attached hydrogens (tertiary/aromatic N) is 1. The number of furan rings is 1. The third-order valence-electron chi connectivity index (χ3n) is 4.56. The molecule has 1 N–H and O–H groups in total. The summed E-state index contributed by atoms with van der Waals surface area (Å²) in [6, 6.07) is 4.82. The van der Waals surface area contributed by atoms with Crippen LogP contribution in [-0.4, -0.2) is 43.7 Å². The quantitative estimate of drug-likeness (QED) is 0.893. The molecule has 27 heavy (non-hydrogen) atoms. The van der Waals surface area contributed by atoms with Crippen molar-refractivity contribution < 1.29 is 23.5 Å². The van der Waals surface area contributed by atoms with Crippen LogP contribution >= 0.6 is 0 Å². The first-order valence-corrected chi connectivity index (χ1v) is 8.70. The number of carbonyl (C=O) groups is 3. The van der Waals surface area contributed by atoms with E-state index in [-0.39, 0.29) is 17.3 Å². The van der Waals surface area contributed by atoms with Gasteiger partial charge in [0.2, 0.25) is 0 Å². The van der Waals surface area contributed by atoms with Crippen LogP contribution in [0.25, 0.3) is 0 Å². The van der Waals surface area contributed by atoms with E-state index >= 15 is 0 Å². The number of rotatable bonds is 4. The number of aryl methyl sites for hydroxylation is 2. The number of nitrogens with one attached hydrogen (secondary N) is 1. The highest BCUT2D eigenvalue weighted by Crippen LogP contribution is 2.31. The molecule has 0 saturated heterocycles. The van der Waals surface area contributed by atoms with E-state index in [0.717, 1.165) is 6.42 Å². The Morgan fingerprint density at radius 2 is 1.96 bits per heavy atom. The molecule has 142 valence electrons. The molecule has 1 heterocycles. The molecular formula is C20H22N2O5. The van der Waals surface area contributed by atoms with E-state index in [0.29, 0.717) is 46.9 Å². The molecule has 1 aromatic heterocycles. The summed E-state index contributed by atoms with van der Waals surface area (Å²) in [4.78, 5) is 38.9. The smallest absolute Gasteiger partial charge is 0.259 e. The molecule has 7 nitrogen and oxygen atoms in total. The predicted molar refractivity (Wildman–Crippen MR) is 99.7 cm³/mol. The highest BCUT2D eigenvalue weighted by molar-refractivity contribution is 6.14. The maximum Gasteiger partial charge on any atom is 0.259 e. The van der Waals surface area contributed by atoms with Gasteiger partial charge in [0.1, 0.15) is 17.3 Å². The zero-order chi connectivity index (χ0) is 19.7. The molecule has 0 fully saturated rings. The molecule has 2 aromatic rings. The molecule has 1 aromatic carbocycles. The van der Waals surface area contributed by atoms with Gasteiger partial charge >= 0.3 is 0 Å². The molecule has 0 radical (unpaired) electrons. The molecule has 3 rings (SSSR count). The zero-order valence-corrected chi connectivity index (χ0v) is 15.8. The summed E-state index contributed by atoms with van der Waals surface area (Å²) in [5, 5.41) is 2.76. The summed E-state index contributed by atoms with van der Waals surface area (Å²) in [5.41, 5.74) is 1.42. The minimum absolute atomic E-state index is 0.0727. The molecule has 0 aliphatic heterocycles. The predicted octanol–water partition coefficient (Wildman–Crippen LogP) is 3.07. The zero-order valence-electron chi connectivity index (χ0n) is 15.8. The summed E-state index contributed by atoms with van der Waals surface area (Å²) in [7, 11) is 4.76. The fourth-order valence-corrected chi connectivity index (χ4v) is 3.27. The maximum absolute atomic E-state index is 12.8. The average molecular weight is 370 g/mol. The number of anilines is 1. The number of fused-ring (bicyclic) bond motifs is 1. The summed E-state index contributed by atoms with van der Waals surface area (Å²) >= 11 is 0. The lowest BCUT2D eigenvalue weighted by atomic mass is 9.93. The van der Waals surface area contributed by atoms with E-state index in [1.165, 1.54) is 12.0 Å². The standard InChI is InChI=1S/C20H22N2O5/c1-11-17(18-14(23)6-5-7-16(18)27-11)19(24)21-12-8-9-15(26-4)13(10-12)20(25)22(2)3/h8-10H,5-7H2,1-4H3,(H,21,24). The van der Waals surface area contributed by atoms with E-state index in [1.807, 2.05) is 0 Å². The van der Waals surface area contributed by atoms with Gasteiger partial charge in [-0.1, -0.05) is 0 Å². The van der Waals surface area contributed by atoms with Gasteiger partial charge in [-0.05, 0) is 31.5 Å². The highest BCUT2D eigenvalue weighted by atomic mass is 16.5. The van der Waals surface area contributed by atoms with Crippen molar-refractivity contribution in [1.29, 1.82) is 0 Å². The Morgan fingerprint density at radius 1 is 1.22 bits per heavy atom. The first-order chi connectivity index (χ1) is 12.8. The van der Waals surface area contributed by atoms with Crippen molar-refractivity contribution in [3.8, 4) is 5.75 Å². The number of ketones is 1. The fraction of sp³-hybridized carbons (Fsp3) is 0.350. The average Bonchev–Trinajstić information content (AvgIpc) is 2.98. The Hall–Kier alpha value is -3.09. The Kier molecular flexibility index (Phi) is 5.03. The van der Waals surface area contributed by atoms with Crippen molar-refractivity contribution in [3.05, 3.63) is 46.4 Å². The van der Waals surface area contributed by atoms with E-state index in [2.05, 4.69) is 5.32 Å². The Labute approximate surface area is 157 Å². The van der Waals surface area contributed by atoms with Gasteiger partial charge < -0.3 is 19.4 Å². The lowest BCUT2D eigenvalue weighted by Gasteiger charge is -2.15. The van der Waals surface area contributed by atoms with Crippen molar-refractivity contribution in [2.45, 2.75) is 26.2 Å². The molecule has 1 aliphatic rings. The number of carbonyl (C=O) groups excluding carboxylic acids is 3. The third kappa shape index (κ3) is 3.45. The van der Waals surface area contributed by atoms with Gasteiger partial charge in [-0.2, -0.15) is 0 Å². The van der Waals surface area contributed by atoms with Crippen LogP contribution in [-0.2, 0) is 6.42 Å². The number of methoxy groups -OCH3 is 1. The largest absolute Gasteiger partial charge is 0.496 e. The van der Waals surface area contributed by atoms with Crippen molar-refractivity contribution in [1.82, 2.24) is 4.90 Å². The lowest BCUT2D eigenvalue weighted by Crippen LogP contribution is -2.23. The summed E-state index contributed by atoms with van der Waals surface area (Å²) < 4.78 is 10.9. The maximum atomic E-state index is 12.8. The second-order valence-electron chi connectivity index (χ2n) is 6.68. The van der Waals surface area contributed by atoms with Gasteiger partial charge in [0, 0.05) is 32.6 Å². The lowest BCUT2D eigenvalue weighted by molar-refractivity contribution is 0.0823. The molecule has 7 heteroatoms. The van der Waals surface area contributed by atoms with Crippen LogP contribution in [0.4, 0.5) is 5.69 Å². The molecule has 0 saturated carbocycles. The van der Waals surface area contributed by atoms with Gasteiger partial charge in [-0.3, -0.25) is 14.4 Å². The second kappa shape index (κ2) is 7.26. The normalized spacial score (nSPS) is 13.1. The van der Waals surface area contributed by atoms with Crippen molar-refractivity contribution in [2.24, 2.45) is 0 Å². The van der Waals surface area contributed by atoms with Crippen molar-refractivity contribution >= 4 is 23.3 Å². The minimum Gasteiger partial charge on any atom is -0.496 e. The van der Waals surface area contributed by atoms with Crippen LogP contribution in [0.2, 0.25) is 0 Å². The Balaban J connectivity index is 1.94. The molecule has 0 atom stereocenters. The third-order valence-corrected chi connectivity index (χ3v) is 4.56. The first-order valence-electron chi connectivity index (χ1n) is 8.70. The second-order valence-corrected chi connectivity index (χ2v) is 6.68. The molecule has 0 spiro atoms.